The Labute approximate surface area is 518 Å². The third-order valence-electron chi connectivity index (χ3n) is 14.2. The van der Waals surface area contributed by atoms with Crippen LogP contribution in [0.5, 0.6) is 0 Å². The maximum Gasteiger partial charge on any atom is 0.268 e. The summed E-state index contributed by atoms with van der Waals surface area (Å²) in [4.78, 5) is 25.6. The molecule has 478 valence electrons. The summed E-state index contributed by atoms with van der Waals surface area (Å²) < 4.78 is 23.4. The number of phosphoric ester groups is 1. The number of nitrogens with one attached hydrogen (secondary N) is 1. The summed E-state index contributed by atoms with van der Waals surface area (Å²) in [7, 11) is 1.21. The topological polar surface area (TPSA) is 108 Å². The first kappa shape index (κ1) is 80.1. The third kappa shape index (κ3) is 65.7. The third-order valence-corrected chi connectivity index (χ3v) is 15.2. The molecule has 0 saturated heterocycles. The maximum absolute atomic E-state index is 13.0. The van der Waals surface area contributed by atoms with Crippen molar-refractivity contribution in [2.24, 2.45) is 0 Å². The monoisotopic (exact) mass is 1180 g/mol. The van der Waals surface area contributed by atoms with E-state index in [0.717, 1.165) is 122 Å². The van der Waals surface area contributed by atoms with Gasteiger partial charge in [0.2, 0.25) is 5.91 Å². The summed E-state index contributed by atoms with van der Waals surface area (Å²) in [6.07, 6.45) is 99.2. The minimum atomic E-state index is -4.63. The fourth-order valence-electron chi connectivity index (χ4n) is 8.98. The summed E-state index contributed by atoms with van der Waals surface area (Å²) >= 11 is 0. The van der Waals surface area contributed by atoms with Crippen molar-refractivity contribution in [2.75, 3.05) is 40.9 Å². The van der Waals surface area contributed by atoms with Gasteiger partial charge in [0.05, 0.1) is 39.9 Å². The smallest absolute Gasteiger partial charge is 0.268 e. The lowest BCUT2D eigenvalue weighted by molar-refractivity contribution is -0.870. The lowest BCUT2D eigenvalue weighted by Crippen LogP contribution is -2.45. The molecule has 8 nitrogen and oxygen atoms in total. The van der Waals surface area contributed by atoms with E-state index < -0.39 is 26.6 Å². The number of amides is 1. The molecule has 3 atom stereocenters. The minimum Gasteiger partial charge on any atom is -0.756 e. The second kappa shape index (κ2) is 63.6. The number of unbranched alkanes of at least 4 members (excludes halogenated alkanes) is 23. The lowest BCUT2D eigenvalue weighted by atomic mass is 10.0. The average molecular weight is 1180 g/mol. The number of aliphatic hydroxyl groups is 1. The van der Waals surface area contributed by atoms with E-state index in [2.05, 4.69) is 165 Å². The summed E-state index contributed by atoms with van der Waals surface area (Å²) in [6, 6.07) is -0.927. The van der Waals surface area contributed by atoms with E-state index in [1.165, 1.54) is 116 Å². The zero-order valence-electron chi connectivity index (χ0n) is 54.5. The molecule has 0 spiro atoms. The maximum atomic E-state index is 13.0. The number of likely N-dealkylation sites (N-methyl/N-ethyl adjacent to an activating group) is 1. The Hall–Kier alpha value is -3.88. The van der Waals surface area contributed by atoms with Gasteiger partial charge >= 0.3 is 0 Å². The van der Waals surface area contributed by atoms with Crippen LogP contribution in [-0.2, 0) is 18.4 Å². The number of rotatable bonds is 60. The van der Waals surface area contributed by atoms with Gasteiger partial charge in [-0.25, -0.2) is 0 Å². The molecule has 0 heterocycles. The number of carbonyl (C=O) groups is 1. The molecule has 0 radical (unpaired) electrons. The second-order valence-electron chi connectivity index (χ2n) is 23.4. The van der Waals surface area contributed by atoms with E-state index in [1.807, 2.05) is 27.2 Å². The molecule has 0 saturated carbocycles. The summed E-state index contributed by atoms with van der Waals surface area (Å²) in [5.74, 6) is -0.225. The normalized spacial score (nSPS) is 14.7. The molecule has 1 amide bonds. The highest BCUT2D eigenvalue weighted by Crippen LogP contribution is 2.38. The highest BCUT2D eigenvalue weighted by Gasteiger charge is 2.23. The highest BCUT2D eigenvalue weighted by molar-refractivity contribution is 7.45. The van der Waals surface area contributed by atoms with Crippen LogP contribution in [0.4, 0.5) is 0 Å². The van der Waals surface area contributed by atoms with Gasteiger partial charge in [-0.05, 0) is 122 Å². The van der Waals surface area contributed by atoms with Crippen molar-refractivity contribution in [3.63, 3.8) is 0 Å². The number of hydrogen-bond acceptors (Lipinski definition) is 6. The number of aliphatic hydroxyl groups excluding tert-OH is 1. The Balaban J connectivity index is 4.22. The number of carbonyl (C=O) groups excluding carboxylic acids is 1. The molecule has 3 unspecified atom stereocenters. The molecule has 84 heavy (non-hydrogen) atoms. The van der Waals surface area contributed by atoms with Gasteiger partial charge in [0, 0.05) is 6.42 Å². The van der Waals surface area contributed by atoms with Crippen LogP contribution in [0, 0.1) is 0 Å². The Bertz CT molecular complexity index is 1930. The van der Waals surface area contributed by atoms with Crippen molar-refractivity contribution in [1.82, 2.24) is 5.32 Å². The van der Waals surface area contributed by atoms with Gasteiger partial charge < -0.3 is 28.8 Å². The van der Waals surface area contributed by atoms with Crippen molar-refractivity contribution in [1.29, 1.82) is 0 Å². The largest absolute Gasteiger partial charge is 0.756 e. The van der Waals surface area contributed by atoms with Crippen LogP contribution >= 0.6 is 7.82 Å². The Morgan fingerprint density at radius 3 is 1.11 bits per heavy atom. The van der Waals surface area contributed by atoms with E-state index in [-0.39, 0.29) is 12.5 Å². The highest BCUT2D eigenvalue weighted by atomic mass is 31.2. The Morgan fingerprint density at radius 2 is 0.738 bits per heavy atom. The number of nitrogens with zero attached hydrogens (tertiary/aromatic N) is 1. The molecule has 9 heteroatoms. The van der Waals surface area contributed by atoms with Crippen LogP contribution in [0.25, 0.3) is 0 Å². The number of hydrogen-bond donors (Lipinski definition) is 2. The van der Waals surface area contributed by atoms with E-state index >= 15 is 0 Å². The molecule has 2 N–H and O–H groups in total. The standard InChI is InChI=1S/C75H127N2O6P/c1-6-8-10-12-14-16-18-20-22-24-26-28-30-31-32-33-34-35-36-37-38-39-40-41-42-43-44-45-47-49-51-53-55-57-59-61-63-65-67-69-75(79)76-73(72-83-84(80,81)82-71-70-77(3,4)5)74(78)68-66-64-62-60-58-56-54-52-50-48-46-29-27-25-23-21-19-17-15-13-11-9-7-2/h8,10,14,16,20,22,26,28,31-32,34-35,37-38,40-41,43-44,47,49-50,52,58,60,66,68,73-74,78H,6-7,9,11-13,15,17-19,21,23-25,27,29-30,33,36,39,42,45-46,48,51,53-57,59,61-65,67,69-72H2,1-5H3,(H-,76,79,80,81)/b10-8-,16-14-,22-20-,28-26-,32-31-,35-34-,38-37-,41-40-,44-43-,49-47-,52-50+,60-58+,68-66+. The van der Waals surface area contributed by atoms with Gasteiger partial charge in [0.15, 0.2) is 0 Å². The van der Waals surface area contributed by atoms with E-state index in [4.69, 9.17) is 9.05 Å². The Kier molecular flexibility index (Phi) is 60.7. The zero-order valence-corrected chi connectivity index (χ0v) is 55.4. The van der Waals surface area contributed by atoms with Crippen molar-refractivity contribution < 1.29 is 32.9 Å². The van der Waals surface area contributed by atoms with Crippen LogP contribution in [0.2, 0.25) is 0 Å². The molecule has 0 aliphatic heterocycles. The first-order chi connectivity index (χ1) is 41.0. The molecule has 0 aromatic rings. The van der Waals surface area contributed by atoms with Gasteiger partial charge in [0.25, 0.3) is 7.82 Å². The predicted molar refractivity (Wildman–Crippen MR) is 366 cm³/mol. The molecule has 0 aromatic carbocycles. The van der Waals surface area contributed by atoms with E-state index in [9.17, 15) is 19.4 Å². The number of quaternary nitrogens is 1. The van der Waals surface area contributed by atoms with Gasteiger partial charge in [-0.1, -0.05) is 287 Å². The molecule has 0 aliphatic rings. The van der Waals surface area contributed by atoms with Gasteiger partial charge in [-0.2, -0.15) is 0 Å². The van der Waals surface area contributed by atoms with Crippen molar-refractivity contribution in [2.45, 2.75) is 270 Å². The van der Waals surface area contributed by atoms with Gasteiger partial charge in [0.1, 0.15) is 13.2 Å². The molecular formula is C75H127N2O6P. The molecule has 0 aliphatic carbocycles. The van der Waals surface area contributed by atoms with E-state index in [0.29, 0.717) is 17.4 Å². The number of allylic oxidation sites excluding steroid dienone is 25. The lowest BCUT2D eigenvalue weighted by Gasteiger charge is -2.29. The van der Waals surface area contributed by atoms with E-state index in [1.54, 1.807) is 6.08 Å². The van der Waals surface area contributed by atoms with Gasteiger partial charge in [-0.3, -0.25) is 9.36 Å². The van der Waals surface area contributed by atoms with Crippen LogP contribution in [0.15, 0.2) is 158 Å². The summed E-state index contributed by atoms with van der Waals surface area (Å²) in [5.41, 5.74) is 0. The van der Waals surface area contributed by atoms with Crippen LogP contribution in [-0.4, -0.2) is 68.5 Å². The molecule has 0 bridgehead atoms. The first-order valence-corrected chi connectivity index (χ1v) is 35.3. The SMILES string of the molecule is CC/C=C\C/C=C\C/C=C\C/C=C\C/C=C\C/C=C\C/C=C\C/C=C\C/C=C\C/C=C\CCCCCCCCCCC(=O)NC(COP(=O)([O-])OCC[N+](C)(C)C)C(O)/C=C/CC/C=C/CC/C=C/CCCCCCCCCCCCCCC. The molecule has 0 rings (SSSR count). The fourth-order valence-corrected chi connectivity index (χ4v) is 9.70. The first-order valence-electron chi connectivity index (χ1n) is 33.8. The van der Waals surface area contributed by atoms with Crippen LogP contribution in [0.1, 0.15) is 258 Å². The zero-order chi connectivity index (χ0) is 61.2. The van der Waals surface area contributed by atoms with Crippen LogP contribution in [0.3, 0.4) is 0 Å². The molecular weight excluding hydrogens is 1060 g/mol. The predicted octanol–water partition coefficient (Wildman–Crippen LogP) is 21.1. The van der Waals surface area contributed by atoms with Gasteiger partial charge in [-0.15, -0.1) is 0 Å². The van der Waals surface area contributed by atoms with Crippen molar-refractivity contribution in [3.8, 4) is 0 Å². The number of phosphoric acid groups is 1. The van der Waals surface area contributed by atoms with Crippen LogP contribution < -0.4 is 10.2 Å². The van der Waals surface area contributed by atoms with Crippen molar-refractivity contribution >= 4 is 13.7 Å². The second-order valence-corrected chi connectivity index (χ2v) is 24.8. The quantitative estimate of drug-likeness (QED) is 0.0272. The molecule has 0 aromatic heterocycles. The average Bonchev–Trinajstić information content (AvgIpc) is 3.56. The Morgan fingerprint density at radius 1 is 0.429 bits per heavy atom. The van der Waals surface area contributed by atoms with Crippen molar-refractivity contribution in [3.05, 3.63) is 158 Å². The minimum absolute atomic E-state index is 0.0186. The summed E-state index contributed by atoms with van der Waals surface area (Å²) in [5, 5.41) is 13.9. The molecule has 0 fully saturated rings. The summed E-state index contributed by atoms with van der Waals surface area (Å²) in [6.45, 7) is 4.50. The fraction of sp³-hybridized carbons (Fsp3) is 0.640.